The summed E-state index contributed by atoms with van der Waals surface area (Å²) in [6.07, 6.45) is 4.05. The van der Waals surface area contributed by atoms with Crippen molar-refractivity contribution in [2.75, 3.05) is 6.54 Å². The first-order valence-electron chi connectivity index (χ1n) is 4.54. The van der Waals surface area contributed by atoms with E-state index < -0.39 is 16.8 Å². The van der Waals surface area contributed by atoms with E-state index in [1.807, 2.05) is 13.0 Å². The van der Waals surface area contributed by atoms with Crippen molar-refractivity contribution in [1.29, 1.82) is 0 Å². The lowest BCUT2D eigenvalue weighted by molar-refractivity contribution is -0.131. The van der Waals surface area contributed by atoms with Gasteiger partial charge in [-0.1, -0.05) is 6.92 Å². The molecule has 2 aliphatic rings. The van der Waals surface area contributed by atoms with Crippen LogP contribution in [0.5, 0.6) is 0 Å². The number of fused-ring (bicyclic) bond motifs is 1. The Hall–Kier alpha value is -1.43. The molecule has 0 amide bonds. The molecule has 0 radical (unpaired) electrons. The second-order valence-electron chi connectivity index (χ2n) is 3.16. The number of amidine groups is 1. The van der Waals surface area contributed by atoms with E-state index >= 15 is 0 Å². The molecule has 0 aromatic carbocycles. The molecule has 15 heavy (non-hydrogen) atoms. The summed E-state index contributed by atoms with van der Waals surface area (Å²) in [5, 5.41) is 9.13. The minimum Gasteiger partial charge on any atom is -0.477 e. The van der Waals surface area contributed by atoms with Gasteiger partial charge in [0.2, 0.25) is 5.17 Å². The van der Waals surface area contributed by atoms with E-state index in [0.717, 1.165) is 12.1 Å². The van der Waals surface area contributed by atoms with E-state index in [2.05, 4.69) is 4.99 Å². The van der Waals surface area contributed by atoms with E-state index in [1.54, 1.807) is 4.90 Å². The minimum absolute atomic E-state index is 0.0977. The molecule has 0 fully saturated rings. The zero-order chi connectivity index (χ0) is 11.0. The third-order valence-electron chi connectivity index (χ3n) is 2.22. The maximum atomic E-state index is 11.7. The Morgan fingerprint density at radius 2 is 2.47 bits per heavy atom. The smallest absolute Gasteiger partial charge is 0.346 e. The third kappa shape index (κ3) is 1.61. The molecule has 1 atom stereocenters. The van der Waals surface area contributed by atoms with Gasteiger partial charge in [0, 0.05) is 18.4 Å². The van der Waals surface area contributed by atoms with Crippen molar-refractivity contribution >= 4 is 21.9 Å². The minimum atomic E-state index is -1.63. The maximum Gasteiger partial charge on any atom is 0.346 e. The number of carboxylic acids is 1. The van der Waals surface area contributed by atoms with E-state index in [9.17, 15) is 9.00 Å². The van der Waals surface area contributed by atoms with Crippen LogP contribution in [-0.4, -0.2) is 31.9 Å². The molecule has 80 valence electrons. The predicted octanol–water partition coefficient (Wildman–Crippen LogP) is 0.640. The summed E-state index contributed by atoms with van der Waals surface area (Å²) >= 11 is 0. The Morgan fingerprint density at radius 3 is 3.07 bits per heavy atom. The van der Waals surface area contributed by atoms with Crippen LogP contribution < -0.4 is 0 Å². The van der Waals surface area contributed by atoms with Crippen molar-refractivity contribution in [3.63, 3.8) is 0 Å². The lowest BCUT2D eigenvalue weighted by Gasteiger charge is -2.18. The van der Waals surface area contributed by atoms with Crippen LogP contribution in [0.3, 0.4) is 0 Å². The second kappa shape index (κ2) is 3.62. The van der Waals surface area contributed by atoms with Gasteiger partial charge in [-0.25, -0.2) is 14.0 Å². The Balaban J connectivity index is 2.34. The number of nitrogens with zero attached hydrogens (tertiary/aromatic N) is 2. The van der Waals surface area contributed by atoms with Crippen molar-refractivity contribution in [2.24, 2.45) is 4.99 Å². The predicted molar refractivity (Wildman–Crippen MR) is 56.4 cm³/mol. The summed E-state index contributed by atoms with van der Waals surface area (Å²) in [7, 11) is -1.63. The average molecular weight is 226 g/mol. The number of aliphatic imine (C=N–C) groups is 1. The lowest BCUT2D eigenvalue weighted by atomic mass is 10.3. The number of rotatable bonds is 2. The van der Waals surface area contributed by atoms with Crippen molar-refractivity contribution < 1.29 is 14.1 Å². The summed E-state index contributed by atoms with van der Waals surface area (Å²) in [6, 6.07) is 0. The molecule has 2 rings (SSSR count). The average Bonchev–Trinajstić information content (AvgIpc) is 2.56. The first-order valence-corrected chi connectivity index (χ1v) is 5.69. The van der Waals surface area contributed by atoms with Gasteiger partial charge in [-0.05, 0) is 12.5 Å². The largest absolute Gasteiger partial charge is 0.477 e. The topological polar surface area (TPSA) is 70.0 Å². The molecular weight excluding hydrogens is 216 g/mol. The van der Waals surface area contributed by atoms with Gasteiger partial charge >= 0.3 is 5.97 Å². The van der Waals surface area contributed by atoms with Gasteiger partial charge in [0.15, 0.2) is 0 Å². The molecule has 0 bridgehead atoms. The van der Waals surface area contributed by atoms with Crippen molar-refractivity contribution in [2.45, 2.75) is 13.3 Å². The lowest BCUT2D eigenvalue weighted by Crippen LogP contribution is -2.27. The van der Waals surface area contributed by atoms with Crippen LogP contribution in [0.15, 0.2) is 27.9 Å². The zero-order valence-electron chi connectivity index (χ0n) is 8.14. The van der Waals surface area contributed by atoms with Gasteiger partial charge in [0.05, 0.1) is 0 Å². The first-order chi connectivity index (χ1) is 7.13. The van der Waals surface area contributed by atoms with Gasteiger partial charge < -0.3 is 10.0 Å². The van der Waals surface area contributed by atoms with Crippen molar-refractivity contribution in [3.8, 4) is 0 Å². The molecule has 6 heteroatoms. The van der Waals surface area contributed by atoms with Gasteiger partial charge in [-0.3, -0.25) is 0 Å². The van der Waals surface area contributed by atoms with Crippen LogP contribution in [0.4, 0.5) is 0 Å². The quantitative estimate of drug-likeness (QED) is 0.750. The maximum absolute atomic E-state index is 11.7. The Bertz CT molecular complexity index is 437. The number of carboxylic acid groups (broad SMARTS) is 1. The molecular formula is C9H10N2O3S. The first kappa shape index (κ1) is 10.1. The van der Waals surface area contributed by atoms with Crippen LogP contribution in [0.1, 0.15) is 13.3 Å². The SMILES string of the molecule is CCC1=CCN2C=C(C(=O)O)S(=O)C2=N1. The Labute approximate surface area is 89.3 Å². The summed E-state index contributed by atoms with van der Waals surface area (Å²) in [5.41, 5.74) is 0.856. The van der Waals surface area contributed by atoms with Gasteiger partial charge in [0.25, 0.3) is 0 Å². The van der Waals surface area contributed by atoms with Gasteiger partial charge in [-0.15, -0.1) is 0 Å². The van der Waals surface area contributed by atoms with Gasteiger partial charge in [0.1, 0.15) is 15.7 Å². The van der Waals surface area contributed by atoms with Gasteiger partial charge in [-0.2, -0.15) is 0 Å². The molecule has 1 N–H and O–H groups in total. The van der Waals surface area contributed by atoms with E-state index in [1.165, 1.54) is 6.20 Å². The van der Waals surface area contributed by atoms with E-state index in [4.69, 9.17) is 5.11 Å². The molecule has 0 aromatic heterocycles. The monoisotopic (exact) mass is 226 g/mol. The van der Waals surface area contributed by atoms with Crippen LogP contribution in [-0.2, 0) is 15.6 Å². The molecule has 0 saturated heterocycles. The molecule has 1 unspecified atom stereocenters. The fraction of sp³-hybridized carbons (Fsp3) is 0.333. The number of aliphatic carboxylic acids is 1. The molecule has 2 aliphatic heterocycles. The third-order valence-corrected chi connectivity index (χ3v) is 3.56. The number of hydrogen-bond donors (Lipinski definition) is 1. The van der Waals surface area contributed by atoms with Crippen LogP contribution in [0, 0.1) is 0 Å². The molecule has 0 aromatic rings. The standard InChI is InChI=1S/C9H10N2O3S/c1-2-6-3-4-11-5-7(8(12)13)15(14)9(11)10-6/h3,5H,2,4H2,1H3,(H,12,13). The summed E-state index contributed by atoms with van der Waals surface area (Å²) in [6.45, 7) is 2.50. The molecule has 0 spiro atoms. The van der Waals surface area contributed by atoms with E-state index in [-0.39, 0.29) is 4.91 Å². The number of carbonyl (C=O) groups is 1. The zero-order valence-corrected chi connectivity index (χ0v) is 8.95. The molecule has 0 aliphatic carbocycles. The number of hydrogen-bond acceptors (Lipinski definition) is 4. The second-order valence-corrected chi connectivity index (χ2v) is 4.51. The fourth-order valence-electron chi connectivity index (χ4n) is 1.42. The van der Waals surface area contributed by atoms with Crippen molar-refractivity contribution in [1.82, 2.24) is 4.90 Å². The Kier molecular flexibility index (Phi) is 2.44. The highest BCUT2D eigenvalue weighted by Gasteiger charge is 2.33. The van der Waals surface area contributed by atoms with Crippen LogP contribution >= 0.6 is 0 Å². The van der Waals surface area contributed by atoms with Crippen LogP contribution in [0.2, 0.25) is 0 Å². The normalized spacial score (nSPS) is 24.2. The summed E-state index contributed by atoms with van der Waals surface area (Å²) in [4.78, 5) is 16.4. The molecule has 5 nitrogen and oxygen atoms in total. The Morgan fingerprint density at radius 1 is 1.73 bits per heavy atom. The highest BCUT2D eigenvalue weighted by molar-refractivity contribution is 8.05. The highest BCUT2D eigenvalue weighted by atomic mass is 32.2. The number of allylic oxidation sites excluding steroid dienone is 1. The summed E-state index contributed by atoms with van der Waals surface area (Å²) in [5.74, 6) is -1.15. The highest BCUT2D eigenvalue weighted by Crippen LogP contribution is 2.23. The summed E-state index contributed by atoms with van der Waals surface area (Å²) < 4.78 is 11.7. The fourth-order valence-corrected chi connectivity index (χ4v) is 2.53. The van der Waals surface area contributed by atoms with Crippen molar-refractivity contribution in [3.05, 3.63) is 22.9 Å². The molecule has 2 heterocycles. The molecule has 0 saturated carbocycles. The van der Waals surface area contributed by atoms with E-state index in [0.29, 0.717) is 11.7 Å². The van der Waals surface area contributed by atoms with Crippen LogP contribution in [0.25, 0.3) is 0 Å².